The molecule has 0 radical (unpaired) electrons. The summed E-state index contributed by atoms with van der Waals surface area (Å²) in [5, 5.41) is 3.02. The molecule has 1 aliphatic heterocycles. The zero-order chi connectivity index (χ0) is 18.0. The average molecular weight is 337 g/mol. The molecule has 2 aromatic rings. The lowest BCUT2D eigenvalue weighted by molar-refractivity contribution is 0.208. The number of amides is 2. The zero-order valence-corrected chi connectivity index (χ0v) is 15.6. The molecular formula is C21H27N3O. The van der Waals surface area contributed by atoms with E-state index >= 15 is 0 Å². The summed E-state index contributed by atoms with van der Waals surface area (Å²) in [6, 6.07) is 12.5. The van der Waals surface area contributed by atoms with Gasteiger partial charge in [0.15, 0.2) is 0 Å². The van der Waals surface area contributed by atoms with E-state index in [1.807, 2.05) is 23.1 Å². The largest absolute Gasteiger partial charge is 0.368 e. The Labute approximate surface area is 150 Å². The predicted octanol–water partition coefficient (Wildman–Crippen LogP) is 4.27. The van der Waals surface area contributed by atoms with Gasteiger partial charge in [-0.2, -0.15) is 0 Å². The van der Waals surface area contributed by atoms with Crippen LogP contribution >= 0.6 is 0 Å². The Morgan fingerprint density at radius 3 is 2.28 bits per heavy atom. The number of nitrogens with one attached hydrogen (secondary N) is 1. The van der Waals surface area contributed by atoms with Crippen molar-refractivity contribution >= 4 is 17.4 Å². The van der Waals surface area contributed by atoms with Crippen molar-refractivity contribution in [2.24, 2.45) is 0 Å². The molecule has 25 heavy (non-hydrogen) atoms. The van der Waals surface area contributed by atoms with Crippen molar-refractivity contribution in [1.82, 2.24) is 4.90 Å². The summed E-state index contributed by atoms with van der Waals surface area (Å²) in [5.74, 6) is 0. The van der Waals surface area contributed by atoms with E-state index < -0.39 is 0 Å². The summed E-state index contributed by atoms with van der Waals surface area (Å²) < 4.78 is 0. The summed E-state index contributed by atoms with van der Waals surface area (Å²) in [6.07, 6.45) is 0. The highest BCUT2D eigenvalue weighted by Gasteiger charge is 2.22. The smallest absolute Gasteiger partial charge is 0.321 e. The van der Waals surface area contributed by atoms with Crippen LogP contribution in [0.1, 0.15) is 22.3 Å². The van der Waals surface area contributed by atoms with Crippen LogP contribution in [0, 0.1) is 27.7 Å². The van der Waals surface area contributed by atoms with Gasteiger partial charge in [0.2, 0.25) is 0 Å². The van der Waals surface area contributed by atoms with Crippen LogP contribution < -0.4 is 10.2 Å². The van der Waals surface area contributed by atoms with Crippen molar-refractivity contribution in [3.05, 3.63) is 58.7 Å². The number of carbonyl (C=O) groups is 1. The van der Waals surface area contributed by atoms with Gasteiger partial charge in [0.1, 0.15) is 0 Å². The molecule has 0 aliphatic carbocycles. The van der Waals surface area contributed by atoms with Crippen molar-refractivity contribution in [1.29, 1.82) is 0 Å². The number of benzene rings is 2. The fourth-order valence-corrected chi connectivity index (χ4v) is 3.25. The molecule has 4 heteroatoms. The molecule has 0 unspecified atom stereocenters. The Morgan fingerprint density at radius 2 is 1.60 bits per heavy atom. The number of rotatable bonds is 2. The lowest BCUT2D eigenvalue weighted by Crippen LogP contribution is -2.50. The minimum absolute atomic E-state index is 0.0103. The summed E-state index contributed by atoms with van der Waals surface area (Å²) in [7, 11) is 0. The molecule has 0 bridgehead atoms. The van der Waals surface area contributed by atoms with Crippen LogP contribution in [-0.4, -0.2) is 37.1 Å². The van der Waals surface area contributed by atoms with Gasteiger partial charge < -0.3 is 15.1 Å². The number of hydrogen-bond acceptors (Lipinski definition) is 2. The first-order valence-corrected chi connectivity index (χ1v) is 8.90. The van der Waals surface area contributed by atoms with Crippen LogP contribution in [0.2, 0.25) is 0 Å². The van der Waals surface area contributed by atoms with Crippen LogP contribution in [0.5, 0.6) is 0 Å². The predicted molar refractivity (Wildman–Crippen MR) is 105 cm³/mol. The average Bonchev–Trinajstić information content (AvgIpc) is 2.61. The van der Waals surface area contributed by atoms with Gasteiger partial charge in [-0.3, -0.25) is 0 Å². The highest BCUT2D eigenvalue weighted by Crippen LogP contribution is 2.24. The van der Waals surface area contributed by atoms with Gasteiger partial charge in [-0.25, -0.2) is 4.79 Å². The van der Waals surface area contributed by atoms with E-state index in [4.69, 9.17) is 0 Å². The number of anilines is 2. The number of piperazine rings is 1. The third kappa shape index (κ3) is 3.78. The van der Waals surface area contributed by atoms with E-state index in [0.717, 1.165) is 31.9 Å². The van der Waals surface area contributed by atoms with Crippen LogP contribution in [0.3, 0.4) is 0 Å². The highest BCUT2D eigenvalue weighted by molar-refractivity contribution is 5.89. The van der Waals surface area contributed by atoms with Gasteiger partial charge in [0.05, 0.1) is 0 Å². The van der Waals surface area contributed by atoms with E-state index in [0.29, 0.717) is 0 Å². The van der Waals surface area contributed by atoms with E-state index in [1.165, 1.54) is 27.9 Å². The number of nitrogens with zero attached hydrogens (tertiary/aromatic N) is 2. The molecule has 1 aliphatic rings. The van der Waals surface area contributed by atoms with E-state index in [1.54, 1.807) is 0 Å². The molecule has 3 rings (SSSR count). The Bertz CT molecular complexity index is 777. The molecule has 0 saturated carbocycles. The third-order valence-corrected chi connectivity index (χ3v) is 5.24. The fourth-order valence-electron chi connectivity index (χ4n) is 3.25. The number of aryl methyl sites for hydroxylation is 3. The summed E-state index contributed by atoms with van der Waals surface area (Å²) in [5.41, 5.74) is 7.22. The molecule has 1 fully saturated rings. The monoisotopic (exact) mass is 337 g/mol. The van der Waals surface area contributed by atoms with Gasteiger partial charge >= 0.3 is 6.03 Å². The van der Waals surface area contributed by atoms with Crippen LogP contribution in [0.4, 0.5) is 16.2 Å². The van der Waals surface area contributed by atoms with Gasteiger partial charge in [0, 0.05) is 37.6 Å². The second-order valence-electron chi connectivity index (χ2n) is 6.92. The molecule has 4 nitrogen and oxygen atoms in total. The molecule has 2 aromatic carbocycles. The summed E-state index contributed by atoms with van der Waals surface area (Å²) in [4.78, 5) is 16.8. The first kappa shape index (κ1) is 17.3. The summed E-state index contributed by atoms with van der Waals surface area (Å²) >= 11 is 0. The topological polar surface area (TPSA) is 35.6 Å². The molecule has 0 spiro atoms. The molecule has 1 saturated heterocycles. The number of hydrogen-bond donors (Lipinski definition) is 1. The molecule has 1 N–H and O–H groups in total. The Balaban J connectivity index is 1.60. The fraction of sp³-hybridized carbons (Fsp3) is 0.381. The van der Waals surface area contributed by atoms with Gasteiger partial charge in [-0.1, -0.05) is 18.2 Å². The maximum atomic E-state index is 12.5. The quantitative estimate of drug-likeness (QED) is 0.888. The maximum Gasteiger partial charge on any atom is 0.321 e. The van der Waals surface area contributed by atoms with Gasteiger partial charge in [0.25, 0.3) is 0 Å². The van der Waals surface area contributed by atoms with Crippen molar-refractivity contribution in [2.75, 3.05) is 36.4 Å². The van der Waals surface area contributed by atoms with Gasteiger partial charge in [-0.05, 0) is 68.1 Å². The minimum atomic E-state index is -0.0103. The van der Waals surface area contributed by atoms with Crippen LogP contribution in [0.25, 0.3) is 0 Å². The lowest BCUT2D eigenvalue weighted by atomic mass is 10.1. The number of urea groups is 1. The molecule has 1 heterocycles. The minimum Gasteiger partial charge on any atom is -0.368 e. The Morgan fingerprint density at radius 1 is 0.880 bits per heavy atom. The van der Waals surface area contributed by atoms with Crippen molar-refractivity contribution < 1.29 is 4.79 Å². The summed E-state index contributed by atoms with van der Waals surface area (Å²) in [6.45, 7) is 11.7. The first-order valence-electron chi connectivity index (χ1n) is 8.90. The van der Waals surface area contributed by atoms with Crippen LogP contribution in [0.15, 0.2) is 36.4 Å². The molecule has 0 aromatic heterocycles. The second-order valence-corrected chi connectivity index (χ2v) is 6.92. The lowest BCUT2D eigenvalue weighted by Gasteiger charge is -2.37. The van der Waals surface area contributed by atoms with E-state index in [9.17, 15) is 4.79 Å². The molecule has 2 amide bonds. The SMILES string of the molecule is Cc1ccc(NC(=O)N2CCN(c3cccc(C)c3C)CC2)cc1C. The van der Waals surface area contributed by atoms with Gasteiger partial charge in [-0.15, -0.1) is 0 Å². The Hall–Kier alpha value is -2.49. The molecular weight excluding hydrogens is 310 g/mol. The molecule has 132 valence electrons. The highest BCUT2D eigenvalue weighted by atomic mass is 16.2. The van der Waals surface area contributed by atoms with Crippen molar-refractivity contribution in [3.63, 3.8) is 0 Å². The molecule has 0 atom stereocenters. The van der Waals surface area contributed by atoms with E-state index in [-0.39, 0.29) is 6.03 Å². The number of carbonyl (C=O) groups excluding carboxylic acids is 1. The third-order valence-electron chi connectivity index (χ3n) is 5.24. The van der Waals surface area contributed by atoms with Crippen molar-refractivity contribution in [3.8, 4) is 0 Å². The van der Waals surface area contributed by atoms with E-state index in [2.05, 4.69) is 56.1 Å². The second kappa shape index (κ2) is 7.18. The van der Waals surface area contributed by atoms with Crippen LogP contribution in [-0.2, 0) is 0 Å². The zero-order valence-electron chi connectivity index (χ0n) is 15.6. The van der Waals surface area contributed by atoms with Crippen molar-refractivity contribution in [2.45, 2.75) is 27.7 Å². The normalized spacial score (nSPS) is 14.6. The first-order chi connectivity index (χ1) is 12.0. The maximum absolute atomic E-state index is 12.5. The Kier molecular flexibility index (Phi) is 4.98. The standard InChI is InChI=1S/C21H27N3O/c1-15-8-9-19(14-17(15)3)22-21(25)24-12-10-23(11-13-24)20-7-5-6-16(2)18(20)4/h5-9,14H,10-13H2,1-4H3,(H,22,25).